The summed E-state index contributed by atoms with van der Waals surface area (Å²) < 4.78 is 97.0. The van der Waals surface area contributed by atoms with Crippen LogP contribution in [0.2, 0.25) is 0 Å². The van der Waals surface area contributed by atoms with Gasteiger partial charge in [-0.1, -0.05) is 0 Å². The normalized spacial score (nSPS) is 14.6. The Balaban J connectivity index is 1.97. The quantitative estimate of drug-likeness (QED) is 0.315. The predicted molar refractivity (Wildman–Crippen MR) is 106 cm³/mol. The zero-order valence-corrected chi connectivity index (χ0v) is 17.7. The van der Waals surface area contributed by atoms with Crippen molar-refractivity contribution in [3.8, 4) is 5.75 Å². The number of H-pyrrole nitrogens is 1. The fourth-order valence-corrected chi connectivity index (χ4v) is 4.98. The van der Waals surface area contributed by atoms with Crippen molar-refractivity contribution in [1.29, 1.82) is 0 Å². The van der Waals surface area contributed by atoms with E-state index in [0.29, 0.717) is 12.1 Å². The lowest BCUT2D eigenvalue weighted by atomic mass is 10.1. The van der Waals surface area contributed by atoms with Crippen LogP contribution < -0.4 is 0 Å². The highest BCUT2D eigenvalue weighted by Gasteiger charge is 2.33. The summed E-state index contributed by atoms with van der Waals surface area (Å²) >= 11 is 0. The van der Waals surface area contributed by atoms with Crippen molar-refractivity contribution in [1.82, 2.24) is 4.98 Å². The Labute approximate surface area is 179 Å². The number of hydrogen-bond donors (Lipinski definition) is 5. The molecule has 16 heteroatoms. The highest BCUT2D eigenvalue weighted by molar-refractivity contribution is 7.87. The van der Waals surface area contributed by atoms with Gasteiger partial charge in [0.15, 0.2) is 5.75 Å². The van der Waals surface area contributed by atoms with Gasteiger partial charge in [-0.2, -0.15) is 25.3 Å². The summed E-state index contributed by atoms with van der Waals surface area (Å²) in [4.78, 5) is 16.6. The first-order valence-corrected chi connectivity index (χ1v) is 12.5. The van der Waals surface area contributed by atoms with Crippen molar-refractivity contribution < 1.29 is 48.8 Å². The Morgan fingerprint density at radius 3 is 2.00 bits per heavy atom. The van der Waals surface area contributed by atoms with Gasteiger partial charge in [-0.05, 0) is 30.3 Å². The van der Waals surface area contributed by atoms with Crippen LogP contribution in [0, 0.1) is 0 Å². The number of aromatic amines is 1. The van der Waals surface area contributed by atoms with E-state index in [9.17, 15) is 44.3 Å². The van der Waals surface area contributed by atoms with E-state index in [-0.39, 0.29) is 11.3 Å². The molecule has 0 fully saturated rings. The lowest BCUT2D eigenvalue weighted by molar-refractivity contribution is 0.106. The number of carbonyl (C=O) groups is 1. The molecule has 4 rings (SSSR count). The number of rotatable bonds is 4. The summed E-state index contributed by atoms with van der Waals surface area (Å²) in [5.41, 5.74) is -1.72. The molecule has 1 aliphatic heterocycles. The minimum absolute atomic E-state index is 0.0240. The molecule has 0 atom stereocenters. The van der Waals surface area contributed by atoms with Crippen molar-refractivity contribution in [2.75, 3.05) is 0 Å². The summed E-state index contributed by atoms with van der Waals surface area (Å²) in [5, 5.41) is 10.1. The summed E-state index contributed by atoms with van der Waals surface area (Å²) in [6.07, 6.45) is 0. The molecule has 2 aromatic carbocycles. The van der Waals surface area contributed by atoms with Gasteiger partial charge in [-0.25, -0.2) is 4.99 Å². The van der Waals surface area contributed by atoms with Gasteiger partial charge in [-0.15, -0.1) is 0 Å². The summed E-state index contributed by atoms with van der Waals surface area (Å²) in [6.45, 7) is 0. The second-order valence-electron chi connectivity index (χ2n) is 6.59. The molecule has 0 radical (unpaired) electrons. The number of nitrogens with zero attached hydrogens (tertiary/aromatic N) is 1. The van der Waals surface area contributed by atoms with Crippen LogP contribution in [0.4, 0.5) is 5.69 Å². The van der Waals surface area contributed by atoms with E-state index in [0.717, 1.165) is 18.2 Å². The van der Waals surface area contributed by atoms with Crippen molar-refractivity contribution in [2.24, 2.45) is 4.99 Å². The van der Waals surface area contributed by atoms with Crippen molar-refractivity contribution >= 4 is 58.4 Å². The van der Waals surface area contributed by atoms with E-state index >= 15 is 0 Å². The van der Waals surface area contributed by atoms with Crippen LogP contribution in [0.15, 0.2) is 50.0 Å². The summed E-state index contributed by atoms with van der Waals surface area (Å²) in [5.74, 6) is -1.74. The first kappa shape index (κ1) is 22.1. The van der Waals surface area contributed by atoms with Crippen LogP contribution in [0.1, 0.15) is 16.1 Å². The summed E-state index contributed by atoms with van der Waals surface area (Å²) in [7, 11) is -14.7. The van der Waals surface area contributed by atoms with Gasteiger partial charge in [0, 0.05) is 5.39 Å². The van der Waals surface area contributed by atoms with Gasteiger partial charge >= 0.3 is 0 Å². The molecule has 3 aromatic rings. The van der Waals surface area contributed by atoms with Crippen LogP contribution in [-0.4, -0.2) is 60.5 Å². The Bertz CT molecular complexity index is 1710. The van der Waals surface area contributed by atoms with E-state index in [1.54, 1.807) is 0 Å². The van der Waals surface area contributed by atoms with Crippen molar-refractivity contribution in [2.45, 2.75) is 14.7 Å². The lowest BCUT2D eigenvalue weighted by Crippen LogP contribution is -2.12. The molecular weight excluding hydrogens is 492 g/mol. The van der Waals surface area contributed by atoms with Gasteiger partial charge in [0.05, 0.1) is 26.6 Å². The fourth-order valence-electron chi connectivity index (χ4n) is 3.17. The van der Waals surface area contributed by atoms with Gasteiger partial charge in [0.1, 0.15) is 16.3 Å². The molecule has 0 saturated carbocycles. The molecule has 1 aromatic heterocycles. The monoisotopic (exact) mass is 502 g/mol. The maximum Gasteiger partial charge on any atom is 0.296 e. The second-order valence-corrected chi connectivity index (χ2v) is 10.8. The number of ketones is 1. The maximum atomic E-state index is 12.8. The Kier molecular flexibility index (Phi) is 4.60. The molecule has 168 valence electrons. The number of carbonyl (C=O) groups excluding carboxylic acids is 1. The molecule has 0 spiro atoms. The molecule has 0 saturated heterocycles. The Hall–Kier alpha value is -3.15. The van der Waals surface area contributed by atoms with Gasteiger partial charge in [0.25, 0.3) is 30.4 Å². The maximum absolute atomic E-state index is 12.8. The average Bonchev–Trinajstić information content (AvgIpc) is 3.16. The van der Waals surface area contributed by atoms with E-state index in [1.165, 1.54) is 0 Å². The highest BCUT2D eigenvalue weighted by Crippen LogP contribution is 2.38. The Morgan fingerprint density at radius 1 is 0.812 bits per heavy atom. The number of hydrogen-bond acceptors (Lipinski definition) is 9. The molecule has 0 bridgehead atoms. The number of fused-ring (bicyclic) bond motifs is 2. The average molecular weight is 502 g/mol. The molecule has 0 amide bonds. The van der Waals surface area contributed by atoms with Gasteiger partial charge in [0.2, 0.25) is 5.78 Å². The van der Waals surface area contributed by atoms with Crippen LogP contribution >= 0.6 is 0 Å². The van der Waals surface area contributed by atoms with Crippen LogP contribution in [-0.2, 0) is 30.4 Å². The van der Waals surface area contributed by atoms with Gasteiger partial charge in [-0.3, -0.25) is 18.5 Å². The van der Waals surface area contributed by atoms with E-state index in [4.69, 9.17) is 4.55 Å². The fraction of sp³-hybridized carbons (Fsp3) is 0. The number of nitrogens with one attached hydrogen (secondary N) is 1. The molecule has 0 unspecified atom stereocenters. The third-order valence-corrected chi connectivity index (χ3v) is 7.15. The molecule has 5 N–H and O–H groups in total. The first-order valence-electron chi connectivity index (χ1n) is 8.18. The summed E-state index contributed by atoms with van der Waals surface area (Å²) in [6, 6.07) is 4.09. The van der Waals surface area contributed by atoms with Crippen LogP contribution in [0.25, 0.3) is 10.9 Å². The van der Waals surface area contributed by atoms with E-state index in [2.05, 4.69) is 9.98 Å². The molecule has 2 heterocycles. The molecule has 32 heavy (non-hydrogen) atoms. The van der Waals surface area contributed by atoms with Crippen molar-refractivity contribution in [3.63, 3.8) is 0 Å². The minimum atomic E-state index is -5.07. The number of aliphatic imine (C=N–C) groups is 1. The standard InChI is InChI=1S/C16H10N2O11S3/c19-15-8-3-6(30(21,22)23)1-2-10(8)17-13(15)14-16(20)9-4-7(31(24,25)26)5-11(12(9)18-14)32(27,28)29/h1-5,18,20H,(H,21,22,23)(H,24,25,26)(H,27,28,29). The van der Waals surface area contributed by atoms with Crippen LogP contribution in [0.3, 0.4) is 0 Å². The van der Waals surface area contributed by atoms with E-state index < -0.39 is 78.9 Å². The second kappa shape index (κ2) is 6.67. The number of aromatic nitrogens is 1. The Morgan fingerprint density at radius 2 is 1.44 bits per heavy atom. The topological polar surface area (TPSA) is 229 Å². The third kappa shape index (κ3) is 3.48. The number of benzene rings is 2. The minimum Gasteiger partial charge on any atom is -0.505 e. The molecular formula is C16H10N2O11S3. The van der Waals surface area contributed by atoms with Crippen LogP contribution in [0.5, 0.6) is 5.75 Å². The first-order chi connectivity index (χ1) is 14.6. The zero-order chi connectivity index (χ0) is 23.8. The lowest BCUT2D eigenvalue weighted by Gasteiger charge is -2.03. The van der Waals surface area contributed by atoms with E-state index in [1.807, 2.05) is 0 Å². The zero-order valence-electron chi connectivity index (χ0n) is 15.2. The highest BCUT2D eigenvalue weighted by atomic mass is 32.2. The predicted octanol–water partition coefficient (Wildman–Crippen LogP) is 0.931. The number of Topliss-reactive ketones (excluding diaryl/α,β-unsaturated/α-hetero) is 1. The number of aromatic hydroxyl groups is 1. The third-order valence-electron chi connectivity index (χ3n) is 4.59. The van der Waals surface area contributed by atoms with Gasteiger partial charge < -0.3 is 10.1 Å². The SMILES string of the molecule is O=C1C(c2[nH]c3c(S(=O)(=O)O)cc(S(=O)(=O)O)cc3c2O)=Nc2ccc(S(=O)(=O)O)cc21. The molecule has 0 aliphatic carbocycles. The van der Waals surface area contributed by atoms with Crippen molar-refractivity contribution in [3.05, 3.63) is 41.6 Å². The molecule has 13 nitrogen and oxygen atoms in total. The smallest absolute Gasteiger partial charge is 0.296 e. The molecule has 1 aliphatic rings. The largest absolute Gasteiger partial charge is 0.505 e.